The number of methoxy groups -OCH3 is 1. The van der Waals surface area contributed by atoms with E-state index in [-0.39, 0.29) is 0 Å². The van der Waals surface area contributed by atoms with Gasteiger partial charge in [-0.3, -0.25) is 4.79 Å². The molecule has 2 rings (SSSR count). The maximum atomic E-state index is 12.1. The second-order valence-electron chi connectivity index (χ2n) is 4.03. The van der Waals surface area contributed by atoms with Crippen molar-refractivity contribution in [1.82, 2.24) is 14.9 Å². The standard InChI is InChI=1S/C13H13N3O3S/c1-8-11(20-16-15-8)12(17)14-10(13(18)19-2)9-6-4-3-5-7-9/h3-7,10H,1-2H3,(H,14,17). The predicted molar refractivity (Wildman–Crippen MR) is 73.3 cm³/mol. The van der Waals surface area contributed by atoms with Crippen molar-refractivity contribution in [3.63, 3.8) is 0 Å². The Balaban J connectivity index is 2.23. The molecule has 20 heavy (non-hydrogen) atoms. The molecule has 1 N–H and O–H groups in total. The summed E-state index contributed by atoms with van der Waals surface area (Å²) in [6.07, 6.45) is 0. The minimum Gasteiger partial charge on any atom is -0.467 e. The fourth-order valence-corrected chi connectivity index (χ4v) is 2.24. The van der Waals surface area contributed by atoms with E-state index in [1.165, 1.54) is 7.11 Å². The molecular weight excluding hydrogens is 278 g/mol. The summed E-state index contributed by atoms with van der Waals surface area (Å²) in [4.78, 5) is 24.4. The van der Waals surface area contributed by atoms with Gasteiger partial charge in [-0.2, -0.15) is 0 Å². The van der Waals surface area contributed by atoms with Crippen molar-refractivity contribution < 1.29 is 14.3 Å². The average molecular weight is 291 g/mol. The molecule has 104 valence electrons. The number of ether oxygens (including phenoxy) is 1. The van der Waals surface area contributed by atoms with Gasteiger partial charge in [-0.25, -0.2) is 4.79 Å². The van der Waals surface area contributed by atoms with Gasteiger partial charge in [0, 0.05) is 0 Å². The van der Waals surface area contributed by atoms with Gasteiger partial charge in [0.05, 0.1) is 12.8 Å². The van der Waals surface area contributed by atoms with E-state index in [1.54, 1.807) is 31.2 Å². The van der Waals surface area contributed by atoms with Crippen LogP contribution >= 0.6 is 11.5 Å². The molecular formula is C13H13N3O3S. The fourth-order valence-electron chi connectivity index (χ4n) is 1.68. The van der Waals surface area contributed by atoms with Gasteiger partial charge in [0.25, 0.3) is 5.91 Å². The number of hydrogen-bond donors (Lipinski definition) is 1. The highest BCUT2D eigenvalue weighted by atomic mass is 32.1. The van der Waals surface area contributed by atoms with Crippen LogP contribution in [0.1, 0.15) is 27.0 Å². The van der Waals surface area contributed by atoms with Gasteiger partial charge in [0.1, 0.15) is 4.88 Å². The van der Waals surface area contributed by atoms with Gasteiger partial charge < -0.3 is 10.1 Å². The molecule has 0 aliphatic rings. The van der Waals surface area contributed by atoms with Crippen molar-refractivity contribution in [2.75, 3.05) is 7.11 Å². The molecule has 2 aromatic rings. The predicted octanol–water partition coefficient (Wildman–Crippen LogP) is 1.49. The molecule has 1 heterocycles. The zero-order chi connectivity index (χ0) is 14.5. The van der Waals surface area contributed by atoms with Crippen molar-refractivity contribution in [2.24, 2.45) is 0 Å². The van der Waals surface area contributed by atoms with Crippen LogP contribution in [-0.2, 0) is 9.53 Å². The molecule has 0 spiro atoms. The summed E-state index contributed by atoms with van der Waals surface area (Å²) in [5.41, 5.74) is 1.19. The molecule has 0 saturated carbocycles. The third-order valence-electron chi connectivity index (χ3n) is 2.70. The number of aromatic nitrogens is 2. The van der Waals surface area contributed by atoms with Crippen LogP contribution in [0.3, 0.4) is 0 Å². The molecule has 0 radical (unpaired) electrons. The minimum absolute atomic E-state index is 0.384. The first-order valence-corrected chi connectivity index (χ1v) is 6.63. The number of rotatable bonds is 4. The first kappa shape index (κ1) is 14.1. The van der Waals surface area contributed by atoms with Crippen LogP contribution in [0.2, 0.25) is 0 Å². The normalized spacial score (nSPS) is 11.7. The second kappa shape index (κ2) is 6.25. The third-order valence-corrected chi connectivity index (χ3v) is 3.53. The van der Waals surface area contributed by atoms with Crippen LogP contribution in [0.4, 0.5) is 0 Å². The molecule has 0 aliphatic heterocycles. The first-order valence-electron chi connectivity index (χ1n) is 5.86. The smallest absolute Gasteiger partial charge is 0.333 e. The van der Waals surface area contributed by atoms with Crippen LogP contribution in [0, 0.1) is 6.92 Å². The van der Waals surface area contributed by atoms with Crippen LogP contribution in [0.25, 0.3) is 0 Å². The summed E-state index contributed by atoms with van der Waals surface area (Å²) >= 11 is 0.989. The molecule has 7 heteroatoms. The summed E-state index contributed by atoms with van der Waals surface area (Å²) in [5, 5.41) is 6.42. The van der Waals surface area contributed by atoms with E-state index < -0.39 is 17.9 Å². The fraction of sp³-hybridized carbons (Fsp3) is 0.231. The third kappa shape index (κ3) is 3.00. The van der Waals surface area contributed by atoms with Crippen molar-refractivity contribution in [3.8, 4) is 0 Å². The number of nitrogens with one attached hydrogen (secondary N) is 1. The number of nitrogens with zero attached hydrogens (tertiary/aromatic N) is 2. The largest absolute Gasteiger partial charge is 0.467 e. The lowest BCUT2D eigenvalue weighted by Crippen LogP contribution is -2.34. The lowest BCUT2D eigenvalue weighted by Gasteiger charge is -2.16. The Hall–Kier alpha value is -2.28. The number of benzene rings is 1. The Labute approximate surface area is 119 Å². The Kier molecular flexibility index (Phi) is 4.41. The van der Waals surface area contributed by atoms with E-state index in [9.17, 15) is 9.59 Å². The number of esters is 1. The number of carbonyl (C=O) groups is 2. The molecule has 0 saturated heterocycles. The number of carbonyl (C=O) groups excluding carboxylic acids is 2. The van der Waals surface area contributed by atoms with Gasteiger partial charge in [0.2, 0.25) is 0 Å². The lowest BCUT2D eigenvalue weighted by molar-refractivity contribution is -0.143. The molecule has 0 aliphatic carbocycles. The summed E-state index contributed by atoms with van der Waals surface area (Å²) in [5.74, 6) is -0.920. The number of hydrogen-bond acceptors (Lipinski definition) is 6. The maximum Gasteiger partial charge on any atom is 0.333 e. The summed E-state index contributed by atoms with van der Waals surface area (Å²) < 4.78 is 8.44. The minimum atomic E-state index is -0.852. The van der Waals surface area contributed by atoms with Crippen molar-refractivity contribution in [3.05, 3.63) is 46.5 Å². The lowest BCUT2D eigenvalue weighted by atomic mass is 10.1. The van der Waals surface area contributed by atoms with E-state index in [4.69, 9.17) is 4.74 Å². The molecule has 1 amide bonds. The molecule has 0 fully saturated rings. The highest BCUT2D eigenvalue weighted by molar-refractivity contribution is 7.08. The van der Waals surface area contributed by atoms with Gasteiger partial charge in [-0.1, -0.05) is 34.8 Å². The molecule has 1 aromatic carbocycles. The number of aryl methyl sites for hydroxylation is 1. The molecule has 0 bridgehead atoms. The zero-order valence-corrected chi connectivity index (χ0v) is 11.8. The van der Waals surface area contributed by atoms with E-state index in [0.717, 1.165) is 11.5 Å². The Morgan fingerprint density at radius 3 is 2.55 bits per heavy atom. The van der Waals surface area contributed by atoms with Crippen molar-refractivity contribution in [2.45, 2.75) is 13.0 Å². The van der Waals surface area contributed by atoms with E-state index in [1.807, 2.05) is 6.07 Å². The van der Waals surface area contributed by atoms with Crippen molar-refractivity contribution >= 4 is 23.4 Å². The topological polar surface area (TPSA) is 81.2 Å². The van der Waals surface area contributed by atoms with Crippen LogP contribution in [0.5, 0.6) is 0 Å². The summed E-state index contributed by atoms with van der Waals surface area (Å²) in [7, 11) is 1.28. The van der Waals surface area contributed by atoms with Crippen LogP contribution < -0.4 is 5.32 Å². The monoisotopic (exact) mass is 291 g/mol. The van der Waals surface area contributed by atoms with Gasteiger partial charge in [-0.15, -0.1) is 5.10 Å². The highest BCUT2D eigenvalue weighted by Gasteiger charge is 2.25. The van der Waals surface area contributed by atoms with Crippen LogP contribution in [0.15, 0.2) is 30.3 Å². The Morgan fingerprint density at radius 2 is 2.00 bits per heavy atom. The Morgan fingerprint density at radius 1 is 1.30 bits per heavy atom. The van der Waals surface area contributed by atoms with E-state index in [2.05, 4.69) is 14.9 Å². The number of amides is 1. The van der Waals surface area contributed by atoms with E-state index >= 15 is 0 Å². The molecule has 1 atom stereocenters. The van der Waals surface area contributed by atoms with Gasteiger partial charge in [-0.05, 0) is 24.0 Å². The van der Waals surface area contributed by atoms with Gasteiger partial charge in [0.15, 0.2) is 6.04 Å². The van der Waals surface area contributed by atoms with Crippen LogP contribution in [-0.4, -0.2) is 28.6 Å². The molecule has 1 unspecified atom stereocenters. The SMILES string of the molecule is COC(=O)C(NC(=O)c1snnc1C)c1ccccc1. The first-order chi connectivity index (χ1) is 9.63. The molecule has 6 nitrogen and oxygen atoms in total. The van der Waals surface area contributed by atoms with Gasteiger partial charge >= 0.3 is 5.97 Å². The van der Waals surface area contributed by atoms with Crippen molar-refractivity contribution in [1.29, 1.82) is 0 Å². The average Bonchev–Trinajstić information content (AvgIpc) is 2.91. The summed E-state index contributed by atoms with van der Waals surface area (Å²) in [6, 6.07) is 8.06. The Bertz CT molecular complexity index is 612. The van der Waals surface area contributed by atoms with E-state index in [0.29, 0.717) is 16.1 Å². The highest BCUT2D eigenvalue weighted by Crippen LogP contribution is 2.17. The zero-order valence-electron chi connectivity index (χ0n) is 11.0. The molecule has 1 aromatic heterocycles. The summed E-state index contributed by atoms with van der Waals surface area (Å²) in [6.45, 7) is 1.69. The quantitative estimate of drug-likeness (QED) is 0.863. The maximum absolute atomic E-state index is 12.1. The second-order valence-corrected chi connectivity index (χ2v) is 4.78.